The quantitative estimate of drug-likeness (QED) is 0.825. The fraction of sp³-hybridized carbons (Fsp3) is 0.476. The average molecular weight is 410 g/mol. The highest BCUT2D eigenvalue weighted by Crippen LogP contribution is 2.39. The number of amides is 2. The zero-order valence-corrected chi connectivity index (χ0v) is 17.3. The molecule has 0 radical (unpaired) electrons. The Bertz CT molecular complexity index is 962. The van der Waals surface area contributed by atoms with Crippen LogP contribution in [0.3, 0.4) is 0 Å². The van der Waals surface area contributed by atoms with Crippen molar-refractivity contribution in [1.82, 2.24) is 15.0 Å². The van der Waals surface area contributed by atoms with Crippen LogP contribution in [0.2, 0.25) is 0 Å². The summed E-state index contributed by atoms with van der Waals surface area (Å²) in [5.41, 5.74) is 1.54. The van der Waals surface area contributed by atoms with Crippen molar-refractivity contribution >= 4 is 29.2 Å². The maximum absolute atomic E-state index is 12.9. The van der Waals surface area contributed by atoms with Crippen LogP contribution in [-0.4, -0.2) is 53.9 Å². The first-order chi connectivity index (χ1) is 14.7. The summed E-state index contributed by atoms with van der Waals surface area (Å²) in [6.07, 6.45) is 6.18. The molecule has 0 saturated heterocycles. The summed E-state index contributed by atoms with van der Waals surface area (Å²) in [6, 6.07) is 5.91. The fourth-order valence-electron chi connectivity index (χ4n) is 4.37. The second-order valence-corrected chi connectivity index (χ2v) is 7.73. The van der Waals surface area contributed by atoms with Crippen LogP contribution >= 0.6 is 0 Å². The van der Waals surface area contributed by atoms with Gasteiger partial charge in [-0.05, 0) is 31.9 Å². The Morgan fingerprint density at radius 1 is 1.17 bits per heavy atom. The number of carbonyl (C=O) groups is 1. The minimum absolute atomic E-state index is 0.0481. The lowest BCUT2D eigenvalue weighted by molar-refractivity contribution is 0.171. The van der Waals surface area contributed by atoms with Gasteiger partial charge in [0.25, 0.3) is 0 Å². The van der Waals surface area contributed by atoms with Gasteiger partial charge >= 0.3 is 6.03 Å². The van der Waals surface area contributed by atoms with Crippen molar-refractivity contribution in [1.29, 1.82) is 0 Å². The number of ether oxygens (including phenoxy) is 2. The molecule has 0 unspecified atom stereocenters. The Morgan fingerprint density at radius 3 is 2.70 bits per heavy atom. The summed E-state index contributed by atoms with van der Waals surface area (Å²) in [6.45, 7) is 3.68. The van der Waals surface area contributed by atoms with Crippen LogP contribution in [-0.2, 0) is 0 Å². The molecule has 0 atom stereocenters. The lowest BCUT2D eigenvalue weighted by Gasteiger charge is -2.45. The number of urea groups is 1. The van der Waals surface area contributed by atoms with E-state index in [9.17, 15) is 4.79 Å². The SMILES string of the molecule is CCN1C(=O)N(C)c2cnc(Nc3ccc4c(c3)OCCO4)nc2N1C1CCCC1. The summed E-state index contributed by atoms with van der Waals surface area (Å²) >= 11 is 0. The molecule has 1 fully saturated rings. The molecule has 9 nitrogen and oxygen atoms in total. The molecule has 1 N–H and O–H groups in total. The number of anilines is 4. The number of rotatable bonds is 4. The van der Waals surface area contributed by atoms with E-state index in [2.05, 4.69) is 15.3 Å². The van der Waals surface area contributed by atoms with Crippen LogP contribution in [0.25, 0.3) is 0 Å². The first-order valence-electron chi connectivity index (χ1n) is 10.5. The van der Waals surface area contributed by atoms with Crippen molar-refractivity contribution in [3.63, 3.8) is 0 Å². The summed E-state index contributed by atoms with van der Waals surface area (Å²) in [5.74, 6) is 2.69. The van der Waals surface area contributed by atoms with Crippen molar-refractivity contribution < 1.29 is 14.3 Å². The lowest BCUT2D eigenvalue weighted by atomic mass is 10.2. The van der Waals surface area contributed by atoms with Crippen molar-refractivity contribution in [2.45, 2.75) is 38.6 Å². The van der Waals surface area contributed by atoms with E-state index in [0.29, 0.717) is 31.5 Å². The standard InChI is InChI=1S/C21H26N6O3/c1-3-26-21(28)25(2)16-13-22-20(24-19(16)27(26)15-6-4-5-7-15)23-14-8-9-17-18(12-14)30-11-10-29-17/h8-9,12-13,15H,3-7,10-11H2,1-2H3,(H,22,23,24). The Labute approximate surface area is 175 Å². The van der Waals surface area contributed by atoms with Gasteiger partial charge in [-0.15, -0.1) is 0 Å². The summed E-state index contributed by atoms with van der Waals surface area (Å²) in [5, 5.41) is 7.14. The molecule has 9 heteroatoms. The third-order valence-corrected chi connectivity index (χ3v) is 5.86. The monoisotopic (exact) mass is 410 g/mol. The highest BCUT2D eigenvalue weighted by Gasteiger charge is 2.39. The number of hydrazine groups is 1. The van der Waals surface area contributed by atoms with Gasteiger partial charge in [0.1, 0.15) is 18.9 Å². The third kappa shape index (κ3) is 3.14. The molecular weight excluding hydrogens is 384 g/mol. The number of carbonyl (C=O) groups excluding carboxylic acids is 1. The molecule has 3 heterocycles. The van der Waals surface area contributed by atoms with Gasteiger partial charge in [-0.25, -0.2) is 14.8 Å². The predicted octanol–water partition coefficient (Wildman–Crippen LogP) is 3.55. The van der Waals surface area contributed by atoms with E-state index in [1.54, 1.807) is 23.2 Å². The average Bonchev–Trinajstić information content (AvgIpc) is 3.30. The zero-order valence-electron chi connectivity index (χ0n) is 17.3. The molecule has 0 spiro atoms. The minimum atomic E-state index is -0.0481. The molecule has 2 aliphatic heterocycles. The van der Waals surface area contributed by atoms with Crippen molar-refractivity contribution in [2.24, 2.45) is 0 Å². The van der Waals surface area contributed by atoms with Crippen LogP contribution in [0.1, 0.15) is 32.6 Å². The Morgan fingerprint density at radius 2 is 1.93 bits per heavy atom. The van der Waals surface area contributed by atoms with E-state index < -0.39 is 0 Å². The van der Waals surface area contributed by atoms with Gasteiger partial charge in [-0.1, -0.05) is 12.8 Å². The van der Waals surface area contributed by atoms with Gasteiger partial charge < -0.3 is 14.8 Å². The molecule has 2 aromatic rings. The molecule has 1 aromatic carbocycles. The van der Waals surface area contributed by atoms with Gasteiger partial charge in [-0.3, -0.25) is 9.91 Å². The molecule has 2 amide bonds. The van der Waals surface area contributed by atoms with E-state index in [0.717, 1.165) is 35.8 Å². The first-order valence-corrected chi connectivity index (χ1v) is 10.5. The summed E-state index contributed by atoms with van der Waals surface area (Å²) < 4.78 is 11.3. The molecule has 158 valence electrons. The number of benzene rings is 1. The molecule has 3 aliphatic rings. The number of aromatic nitrogens is 2. The number of hydrogen-bond acceptors (Lipinski definition) is 7. The van der Waals surface area contributed by atoms with Crippen molar-refractivity contribution in [3.05, 3.63) is 24.4 Å². The van der Waals surface area contributed by atoms with Crippen molar-refractivity contribution in [3.8, 4) is 11.5 Å². The van der Waals surface area contributed by atoms with Crippen molar-refractivity contribution in [2.75, 3.05) is 42.0 Å². The lowest BCUT2D eigenvalue weighted by Crippen LogP contribution is -2.59. The van der Waals surface area contributed by atoms with E-state index >= 15 is 0 Å². The van der Waals surface area contributed by atoms with Crippen LogP contribution in [0.4, 0.5) is 27.9 Å². The number of fused-ring (bicyclic) bond motifs is 2. The summed E-state index contributed by atoms with van der Waals surface area (Å²) in [7, 11) is 1.77. The minimum Gasteiger partial charge on any atom is -0.486 e. The normalized spacial score (nSPS) is 18.6. The van der Waals surface area contributed by atoms with Gasteiger partial charge in [0.05, 0.1) is 12.2 Å². The maximum atomic E-state index is 12.9. The first kappa shape index (κ1) is 18.8. The number of nitrogens with one attached hydrogen (secondary N) is 1. The van der Waals surface area contributed by atoms with Gasteiger partial charge in [0.15, 0.2) is 17.3 Å². The maximum Gasteiger partial charge on any atom is 0.343 e. The smallest absolute Gasteiger partial charge is 0.343 e. The molecule has 1 saturated carbocycles. The second-order valence-electron chi connectivity index (χ2n) is 7.73. The molecule has 1 aromatic heterocycles. The number of nitrogens with zero attached hydrogens (tertiary/aromatic N) is 5. The Balaban J connectivity index is 1.49. The largest absolute Gasteiger partial charge is 0.486 e. The molecule has 1 aliphatic carbocycles. The highest BCUT2D eigenvalue weighted by atomic mass is 16.6. The third-order valence-electron chi connectivity index (χ3n) is 5.86. The summed E-state index contributed by atoms with van der Waals surface area (Å²) in [4.78, 5) is 23.8. The van der Waals surface area contributed by atoms with Gasteiger partial charge in [0, 0.05) is 25.3 Å². The van der Waals surface area contributed by atoms with Gasteiger partial charge in [0.2, 0.25) is 5.95 Å². The van der Waals surface area contributed by atoms with E-state index in [-0.39, 0.29) is 12.1 Å². The topological polar surface area (TPSA) is 83.1 Å². The van der Waals surface area contributed by atoms with Crippen LogP contribution in [0.5, 0.6) is 11.5 Å². The number of hydrogen-bond donors (Lipinski definition) is 1. The fourth-order valence-corrected chi connectivity index (χ4v) is 4.37. The van der Waals surface area contributed by atoms with E-state index in [1.165, 1.54) is 12.8 Å². The van der Waals surface area contributed by atoms with Crippen LogP contribution in [0.15, 0.2) is 24.4 Å². The molecule has 5 rings (SSSR count). The zero-order chi connectivity index (χ0) is 20.7. The molecule has 0 bridgehead atoms. The highest BCUT2D eigenvalue weighted by molar-refractivity contribution is 5.98. The van der Waals surface area contributed by atoms with Crippen LogP contribution < -0.4 is 24.7 Å². The molecule has 30 heavy (non-hydrogen) atoms. The Kier molecular flexibility index (Phi) is 4.72. The van der Waals surface area contributed by atoms with Gasteiger partial charge in [-0.2, -0.15) is 4.98 Å². The second kappa shape index (κ2) is 7.55. The Hall–Kier alpha value is -3.23. The van der Waals surface area contributed by atoms with E-state index in [1.807, 2.05) is 25.1 Å². The van der Waals surface area contributed by atoms with Crippen LogP contribution in [0, 0.1) is 0 Å². The predicted molar refractivity (Wildman–Crippen MR) is 114 cm³/mol. The van der Waals surface area contributed by atoms with E-state index in [4.69, 9.17) is 14.5 Å². The molecular formula is C21H26N6O3.